The predicted molar refractivity (Wildman–Crippen MR) is 101 cm³/mol. The Labute approximate surface area is 160 Å². The lowest BCUT2D eigenvalue weighted by Gasteiger charge is -2.03. The van der Waals surface area contributed by atoms with Crippen molar-refractivity contribution in [2.24, 2.45) is 5.10 Å². The van der Waals surface area contributed by atoms with Crippen LogP contribution in [-0.2, 0) is 6.61 Å². The highest BCUT2D eigenvalue weighted by Crippen LogP contribution is 2.19. The van der Waals surface area contributed by atoms with Crippen molar-refractivity contribution in [1.82, 2.24) is 5.43 Å². The molecule has 0 fully saturated rings. The number of furan rings is 1. The molecule has 5 nitrogen and oxygen atoms in total. The summed E-state index contributed by atoms with van der Waals surface area (Å²) in [6, 6.07) is 17.6. The lowest BCUT2D eigenvalue weighted by Crippen LogP contribution is -2.16. The quantitative estimate of drug-likeness (QED) is 0.480. The lowest BCUT2D eigenvalue weighted by molar-refractivity contribution is 0.0923. The van der Waals surface area contributed by atoms with E-state index in [0.29, 0.717) is 21.4 Å². The summed E-state index contributed by atoms with van der Waals surface area (Å²) < 4.78 is 11.0. The number of carbonyl (C=O) groups excluding carboxylic acids is 1. The molecule has 2 aromatic carbocycles. The smallest absolute Gasteiger partial charge is 0.307 e. The number of halogens is 2. The van der Waals surface area contributed by atoms with Gasteiger partial charge in [0.25, 0.3) is 0 Å². The van der Waals surface area contributed by atoms with Gasteiger partial charge in [-0.3, -0.25) is 4.79 Å². The number of benzene rings is 2. The van der Waals surface area contributed by atoms with Gasteiger partial charge in [0, 0.05) is 10.6 Å². The molecule has 0 unspecified atom stereocenters. The van der Waals surface area contributed by atoms with Gasteiger partial charge < -0.3 is 9.15 Å². The molecule has 1 amide bonds. The van der Waals surface area contributed by atoms with Gasteiger partial charge in [-0.2, -0.15) is 5.10 Å². The molecule has 132 valence electrons. The molecule has 0 aliphatic rings. The number of hydrazone groups is 1. The third kappa shape index (κ3) is 4.88. The average Bonchev–Trinajstić information content (AvgIpc) is 3.12. The molecule has 1 aromatic heterocycles. The van der Waals surface area contributed by atoms with E-state index in [0.717, 1.165) is 5.75 Å². The molecule has 3 aromatic rings. The monoisotopic (exact) mass is 388 g/mol. The summed E-state index contributed by atoms with van der Waals surface area (Å²) in [6.45, 7) is 0.223. The first-order valence-corrected chi connectivity index (χ1v) is 8.42. The number of nitrogens with zero attached hydrogens (tertiary/aromatic N) is 1. The highest BCUT2D eigenvalue weighted by atomic mass is 35.5. The van der Waals surface area contributed by atoms with Crippen LogP contribution < -0.4 is 10.2 Å². The van der Waals surface area contributed by atoms with Crippen LogP contribution in [0.25, 0.3) is 0 Å². The zero-order valence-corrected chi connectivity index (χ0v) is 15.0. The number of hydrogen-bond donors (Lipinski definition) is 1. The normalized spacial score (nSPS) is 10.8. The van der Waals surface area contributed by atoms with Gasteiger partial charge >= 0.3 is 5.91 Å². The minimum Gasteiger partial charge on any atom is -0.486 e. The fourth-order valence-electron chi connectivity index (χ4n) is 2.07. The number of carbonyl (C=O) groups is 1. The predicted octanol–water partition coefficient (Wildman–Crippen LogP) is 4.93. The fourth-order valence-corrected chi connectivity index (χ4v) is 2.53. The van der Waals surface area contributed by atoms with Crippen LogP contribution >= 0.6 is 23.2 Å². The third-order valence-electron chi connectivity index (χ3n) is 3.34. The van der Waals surface area contributed by atoms with Gasteiger partial charge in [0.05, 0.1) is 11.2 Å². The van der Waals surface area contributed by atoms with E-state index in [9.17, 15) is 4.79 Å². The van der Waals surface area contributed by atoms with E-state index in [4.69, 9.17) is 32.4 Å². The van der Waals surface area contributed by atoms with Gasteiger partial charge in [-0.15, -0.1) is 0 Å². The van der Waals surface area contributed by atoms with E-state index in [2.05, 4.69) is 10.5 Å². The van der Waals surface area contributed by atoms with Gasteiger partial charge in [0.2, 0.25) is 0 Å². The van der Waals surface area contributed by atoms with Crippen LogP contribution in [0, 0.1) is 0 Å². The largest absolute Gasteiger partial charge is 0.486 e. The third-order valence-corrected chi connectivity index (χ3v) is 3.90. The standard InChI is InChI=1S/C19H14Cl2N2O3/c20-14-7-6-13(17(21)10-14)11-22-23-19(24)18-9-8-16(26-18)12-25-15-4-2-1-3-5-15/h1-11H,12H2,(H,23,24)/b22-11-. The molecule has 0 bridgehead atoms. The topological polar surface area (TPSA) is 63.8 Å². The molecule has 0 atom stereocenters. The van der Waals surface area contributed by atoms with E-state index < -0.39 is 5.91 Å². The van der Waals surface area contributed by atoms with Crippen molar-refractivity contribution in [3.63, 3.8) is 0 Å². The SMILES string of the molecule is O=C(N/N=C\c1ccc(Cl)cc1Cl)c1ccc(COc2ccccc2)o1. The zero-order valence-electron chi connectivity index (χ0n) is 13.5. The summed E-state index contributed by atoms with van der Waals surface area (Å²) in [5.74, 6) is 0.913. The van der Waals surface area contributed by atoms with Crippen molar-refractivity contribution in [2.45, 2.75) is 6.61 Å². The molecule has 0 saturated carbocycles. The minimum atomic E-state index is -0.475. The Balaban J connectivity index is 1.55. The highest BCUT2D eigenvalue weighted by Gasteiger charge is 2.11. The minimum absolute atomic E-state index is 0.135. The molecule has 1 heterocycles. The molecule has 0 aliphatic carbocycles. The highest BCUT2D eigenvalue weighted by molar-refractivity contribution is 6.36. The van der Waals surface area contributed by atoms with Crippen molar-refractivity contribution in [3.05, 3.63) is 87.8 Å². The van der Waals surface area contributed by atoms with Gasteiger partial charge in [-0.1, -0.05) is 47.5 Å². The van der Waals surface area contributed by atoms with Crippen LogP contribution in [0.5, 0.6) is 5.75 Å². The Bertz CT molecular complexity index is 924. The molecule has 1 N–H and O–H groups in total. The summed E-state index contributed by atoms with van der Waals surface area (Å²) in [6.07, 6.45) is 1.43. The Hall–Kier alpha value is -2.76. The molecule has 0 spiro atoms. The molecule has 0 radical (unpaired) electrons. The number of amides is 1. The Morgan fingerprint density at radius 1 is 1.12 bits per heavy atom. The summed E-state index contributed by atoms with van der Waals surface area (Å²) in [4.78, 5) is 12.0. The van der Waals surface area contributed by atoms with E-state index in [1.165, 1.54) is 6.21 Å². The van der Waals surface area contributed by atoms with Crippen LogP contribution in [-0.4, -0.2) is 12.1 Å². The number of nitrogens with one attached hydrogen (secondary N) is 1. The number of hydrogen-bond acceptors (Lipinski definition) is 4. The Morgan fingerprint density at radius 2 is 1.92 bits per heavy atom. The second-order valence-corrected chi connectivity index (χ2v) is 6.08. The Morgan fingerprint density at radius 3 is 2.69 bits per heavy atom. The summed E-state index contributed by atoms with van der Waals surface area (Å²) >= 11 is 11.9. The second-order valence-electron chi connectivity index (χ2n) is 5.23. The first-order chi connectivity index (χ1) is 12.6. The molecule has 0 saturated heterocycles. The number of rotatable bonds is 6. The van der Waals surface area contributed by atoms with Crippen LogP contribution in [0.3, 0.4) is 0 Å². The number of para-hydroxylation sites is 1. The fraction of sp³-hybridized carbons (Fsp3) is 0.0526. The van der Waals surface area contributed by atoms with Gasteiger partial charge in [0.1, 0.15) is 18.1 Å². The first-order valence-electron chi connectivity index (χ1n) is 7.67. The summed E-state index contributed by atoms with van der Waals surface area (Å²) in [5, 5.41) is 4.83. The Kier molecular flexibility index (Phi) is 5.94. The first kappa shape index (κ1) is 18.0. The number of ether oxygens (including phenoxy) is 1. The van der Waals surface area contributed by atoms with E-state index in [1.807, 2.05) is 30.3 Å². The maximum absolute atomic E-state index is 12.0. The summed E-state index contributed by atoms with van der Waals surface area (Å²) in [5.41, 5.74) is 3.01. The van der Waals surface area contributed by atoms with Crippen molar-refractivity contribution >= 4 is 35.3 Å². The van der Waals surface area contributed by atoms with E-state index in [-0.39, 0.29) is 12.4 Å². The molecule has 0 aliphatic heterocycles. The van der Waals surface area contributed by atoms with E-state index in [1.54, 1.807) is 30.3 Å². The molecular weight excluding hydrogens is 375 g/mol. The maximum atomic E-state index is 12.0. The van der Waals surface area contributed by atoms with Crippen LogP contribution in [0.2, 0.25) is 10.0 Å². The van der Waals surface area contributed by atoms with Gasteiger partial charge in [-0.05, 0) is 36.4 Å². The van der Waals surface area contributed by atoms with Gasteiger partial charge in [-0.25, -0.2) is 5.43 Å². The van der Waals surface area contributed by atoms with Gasteiger partial charge in [0.15, 0.2) is 5.76 Å². The molecule has 26 heavy (non-hydrogen) atoms. The van der Waals surface area contributed by atoms with Crippen LogP contribution in [0.1, 0.15) is 21.9 Å². The second kappa shape index (κ2) is 8.56. The molecular formula is C19H14Cl2N2O3. The maximum Gasteiger partial charge on any atom is 0.307 e. The van der Waals surface area contributed by atoms with Crippen molar-refractivity contribution in [2.75, 3.05) is 0 Å². The summed E-state index contributed by atoms with van der Waals surface area (Å²) in [7, 11) is 0. The molecule has 3 rings (SSSR count). The van der Waals surface area contributed by atoms with E-state index >= 15 is 0 Å². The van der Waals surface area contributed by atoms with Crippen molar-refractivity contribution in [1.29, 1.82) is 0 Å². The van der Waals surface area contributed by atoms with Crippen LogP contribution in [0.15, 0.2) is 70.2 Å². The average molecular weight is 389 g/mol. The zero-order chi connectivity index (χ0) is 18.4. The van der Waals surface area contributed by atoms with Crippen molar-refractivity contribution in [3.8, 4) is 5.75 Å². The van der Waals surface area contributed by atoms with Crippen LogP contribution in [0.4, 0.5) is 0 Å². The lowest BCUT2D eigenvalue weighted by atomic mass is 10.2. The van der Waals surface area contributed by atoms with Crippen molar-refractivity contribution < 1.29 is 13.9 Å². The molecule has 7 heteroatoms.